The molecule has 0 spiro atoms. The zero-order valence-electron chi connectivity index (χ0n) is 10.0. The van der Waals surface area contributed by atoms with E-state index in [1.54, 1.807) is 18.4 Å². The number of hydrogen-bond acceptors (Lipinski definition) is 4. The Kier molecular flexibility index (Phi) is 2.57. The minimum absolute atomic E-state index is 0.298. The van der Waals surface area contributed by atoms with Crippen molar-refractivity contribution in [1.29, 1.82) is 5.26 Å². The number of methoxy groups -OCH3 is 1. The van der Waals surface area contributed by atoms with Gasteiger partial charge in [0.25, 0.3) is 0 Å². The van der Waals surface area contributed by atoms with Crippen molar-refractivity contribution in [1.82, 2.24) is 4.98 Å². The lowest BCUT2D eigenvalue weighted by atomic mass is 10.1. The number of benzene rings is 1. The molecule has 1 aliphatic carbocycles. The first-order chi connectivity index (χ1) is 8.77. The molecule has 0 amide bonds. The standard InChI is InChI=1S/C14H12N2OS/c1-17-11-4-2-3-10(7-11)13-16-12(8-18-13)14(9-15)5-6-14/h2-4,7-8H,5-6H2,1H3. The van der Waals surface area contributed by atoms with Gasteiger partial charge in [0.15, 0.2) is 0 Å². The van der Waals surface area contributed by atoms with E-state index in [2.05, 4.69) is 11.1 Å². The number of rotatable bonds is 3. The summed E-state index contributed by atoms with van der Waals surface area (Å²) in [5, 5.41) is 12.1. The predicted molar refractivity (Wildman–Crippen MR) is 70.6 cm³/mol. The van der Waals surface area contributed by atoms with Crippen LogP contribution < -0.4 is 4.74 Å². The van der Waals surface area contributed by atoms with Crippen LogP contribution in [-0.2, 0) is 5.41 Å². The second kappa shape index (κ2) is 4.11. The Bertz CT molecular complexity index is 623. The zero-order chi connectivity index (χ0) is 12.6. The summed E-state index contributed by atoms with van der Waals surface area (Å²) in [4.78, 5) is 4.60. The van der Waals surface area contributed by atoms with Crippen molar-refractivity contribution in [3.05, 3.63) is 35.3 Å². The van der Waals surface area contributed by atoms with Crippen LogP contribution in [0.1, 0.15) is 18.5 Å². The molecule has 1 saturated carbocycles. The van der Waals surface area contributed by atoms with Crippen molar-refractivity contribution in [2.24, 2.45) is 0 Å². The molecule has 1 aromatic carbocycles. The zero-order valence-corrected chi connectivity index (χ0v) is 10.8. The Morgan fingerprint density at radius 1 is 1.44 bits per heavy atom. The van der Waals surface area contributed by atoms with Crippen LogP contribution >= 0.6 is 11.3 Å². The molecule has 1 aliphatic rings. The normalized spacial score (nSPS) is 16.0. The van der Waals surface area contributed by atoms with Gasteiger partial charge in [0.05, 0.1) is 18.9 Å². The van der Waals surface area contributed by atoms with Crippen molar-refractivity contribution >= 4 is 11.3 Å². The lowest BCUT2D eigenvalue weighted by molar-refractivity contribution is 0.415. The molecule has 0 N–H and O–H groups in total. The molecule has 0 aliphatic heterocycles. The van der Waals surface area contributed by atoms with E-state index in [0.717, 1.165) is 34.9 Å². The average molecular weight is 256 g/mol. The monoisotopic (exact) mass is 256 g/mol. The first-order valence-corrected chi connectivity index (χ1v) is 6.67. The highest BCUT2D eigenvalue weighted by atomic mass is 32.1. The topological polar surface area (TPSA) is 45.9 Å². The molecule has 0 atom stereocenters. The van der Waals surface area contributed by atoms with E-state index >= 15 is 0 Å². The number of nitrogens with zero attached hydrogens (tertiary/aromatic N) is 2. The van der Waals surface area contributed by atoms with Crippen molar-refractivity contribution < 1.29 is 4.74 Å². The Labute approximate surface area is 110 Å². The molecule has 0 radical (unpaired) electrons. The maximum Gasteiger partial charge on any atom is 0.123 e. The highest BCUT2D eigenvalue weighted by Crippen LogP contribution is 2.48. The van der Waals surface area contributed by atoms with E-state index in [1.807, 2.05) is 29.6 Å². The van der Waals surface area contributed by atoms with Crippen LogP contribution in [0.4, 0.5) is 0 Å². The molecule has 3 nitrogen and oxygen atoms in total. The molecular formula is C14H12N2OS. The fourth-order valence-corrected chi connectivity index (χ4v) is 2.85. The molecule has 18 heavy (non-hydrogen) atoms. The molecule has 0 saturated heterocycles. The third kappa shape index (κ3) is 1.77. The Hall–Kier alpha value is -1.86. The number of ether oxygens (including phenoxy) is 1. The Morgan fingerprint density at radius 3 is 2.94 bits per heavy atom. The molecule has 1 aromatic heterocycles. The van der Waals surface area contributed by atoms with E-state index in [-0.39, 0.29) is 5.41 Å². The van der Waals surface area contributed by atoms with Crippen LogP contribution in [0.25, 0.3) is 10.6 Å². The fraction of sp³-hybridized carbons (Fsp3) is 0.286. The van der Waals surface area contributed by atoms with Crippen LogP contribution in [0.3, 0.4) is 0 Å². The molecule has 4 heteroatoms. The van der Waals surface area contributed by atoms with Gasteiger partial charge in [-0.1, -0.05) is 12.1 Å². The third-order valence-electron chi connectivity index (χ3n) is 3.28. The number of nitriles is 1. The van der Waals surface area contributed by atoms with Crippen molar-refractivity contribution in [3.63, 3.8) is 0 Å². The molecule has 1 heterocycles. The first kappa shape index (κ1) is 11.2. The first-order valence-electron chi connectivity index (χ1n) is 5.79. The lowest BCUT2D eigenvalue weighted by Crippen LogP contribution is -2.02. The molecule has 2 aromatic rings. The average Bonchev–Trinajstić information content (AvgIpc) is 3.08. The Morgan fingerprint density at radius 2 is 2.28 bits per heavy atom. The van der Waals surface area contributed by atoms with Crippen LogP contribution in [0.5, 0.6) is 5.75 Å². The molecule has 0 bridgehead atoms. The minimum Gasteiger partial charge on any atom is -0.497 e. The quantitative estimate of drug-likeness (QED) is 0.845. The van der Waals surface area contributed by atoms with Crippen molar-refractivity contribution in [2.75, 3.05) is 7.11 Å². The molecule has 0 unspecified atom stereocenters. The summed E-state index contributed by atoms with van der Waals surface area (Å²) in [6.45, 7) is 0. The van der Waals surface area contributed by atoms with Gasteiger partial charge in [-0.05, 0) is 25.0 Å². The number of thiazole rings is 1. The van der Waals surface area contributed by atoms with E-state index in [1.165, 1.54) is 0 Å². The molecular weight excluding hydrogens is 244 g/mol. The van der Waals surface area contributed by atoms with Crippen LogP contribution in [0.2, 0.25) is 0 Å². The molecule has 90 valence electrons. The van der Waals surface area contributed by atoms with Gasteiger partial charge in [0, 0.05) is 10.9 Å². The summed E-state index contributed by atoms with van der Waals surface area (Å²) in [5.41, 5.74) is 1.67. The van der Waals surface area contributed by atoms with Crippen molar-refractivity contribution in [2.45, 2.75) is 18.3 Å². The van der Waals surface area contributed by atoms with Gasteiger partial charge in [0.1, 0.15) is 16.2 Å². The smallest absolute Gasteiger partial charge is 0.123 e. The second-order valence-electron chi connectivity index (χ2n) is 4.46. The number of aromatic nitrogens is 1. The van der Waals surface area contributed by atoms with E-state index in [4.69, 9.17) is 10.00 Å². The van der Waals surface area contributed by atoms with E-state index < -0.39 is 0 Å². The van der Waals surface area contributed by atoms with Crippen LogP contribution in [-0.4, -0.2) is 12.1 Å². The maximum atomic E-state index is 9.17. The maximum absolute atomic E-state index is 9.17. The summed E-state index contributed by atoms with van der Waals surface area (Å²) in [7, 11) is 1.65. The number of hydrogen-bond donors (Lipinski definition) is 0. The Balaban J connectivity index is 1.96. The highest BCUT2D eigenvalue weighted by Gasteiger charge is 2.47. The summed E-state index contributed by atoms with van der Waals surface area (Å²) in [6, 6.07) is 10.2. The minimum atomic E-state index is -0.298. The summed E-state index contributed by atoms with van der Waals surface area (Å²) >= 11 is 1.59. The van der Waals surface area contributed by atoms with Gasteiger partial charge in [-0.3, -0.25) is 0 Å². The van der Waals surface area contributed by atoms with Gasteiger partial charge in [-0.2, -0.15) is 5.26 Å². The largest absolute Gasteiger partial charge is 0.497 e. The van der Waals surface area contributed by atoms with E-state index in [9.17, 15) is 0 Å². The fourth-order valence-electron chi connectivity index (χ4n) is 1.93. The van der Waals surface area contributed by atoms with Gasteiger partial charge in [0.2, 0.25) is 0 Å². The SMILES string of the molecule is COc1cccc(-c2nc(C3(C#N)CC3)cs2)c1. The summed E-state index contributed by atoms with van der Waals surface area (Å²) < 4.78 is 5.21. The lowest BCUT2D eigenvalue weighted by Gasteiger charge is -2.02. The molecule has 3 rings (SSSR count). The third-order valence-corrected chi connectivity index (χ3v) is 4.17. The van der Waals surface area contributed by atoms with Crippen LogP contribution in [0, 0.1) is 11.3 Å². The van der Waals surface area contributed by atoms with Crippen LogP contribution in [0.15, 0.2) is 29.6 Å². The highest BCUT2D eigenvalue weighted by molar-refractivity contribution is 7.13. The summed E-state index contributed by atoms with van der Waals surface area (Å²) in [5.74, 6) is 0.825. The summed E-state index contributed by atoms with van der Waals surface area (Å²) in [6.07, 6.45) is 1.87. The van der Waals surface area contributed by atoms with Gasteiger partial charge >= 0.3 is 0 Å². The van der Waals surface area contributed by atoms with E-state index in [0.29, 0.717) is 0 Å². The predicted octanol–water partition coefficient (Wildman–Crippen LogP) is 3.37. The van der Waals surface area contributed by atoms with Crippen molar-refractivity contribution in [3.8, 4) is 22.4 Å². The van der Waals surface area contributed by atoms with Gasteiger partial charge in [-0.15, -0.1) is 11.3 Å². The van der Waals surface area contributed by atoms with Gasteiger partial charge < -0.3 is 4.74 Å². The second-order valence-corrected chi connectivity index (χ2v) is 5.32. The van der Waals surface area contributed by atoms with Gasteiger partial charge in [-0.25, -0.2) is 4.98 Å². The molecule has 1 fully saturated rings.